The van der Waals surface area contributed by atoms with Gasteiger partial charge in [-0.05, 0) is 62.0 Å². The molecule has 46 heavy (non-hydrogen) atoms. The highest BCUT2D eigenvalue weighted by molar-refractivity contribution is 5.34. The Hall–Kier alpha value is -3.60. The minimum atomic E-state index is 0.784. The third-order valence-corrected chi connectivity index (χ3v) is 8.98. The van der Waals surface area contributed by atoms with Crippen molar-refractivity contribution in [2.45, 2.75) is 90.4 Å². The fourth-order valence-corrected chi connectivity index (χ4v) is 6.44. The molecular weight excluding hydrogens is 564 g/mol. The summed E-state index contributed by atoms with van der Waals surface area (Å²) >= 11 is 0. The Balaban J connectivity index is 1.21. The van der Waals surface area contributed by atoms with Gasteiger partial charge in [-0.2, -0.15) is 0 Å². The molecule has 0 saturated heterocycles. The van der Waals surface area contributed by atoms with E-state index in [4.69, 9.17) is 9.47 Å². The SMILES string of the molecule is c1ccc(CN2CCCCCCCOc3ccccc3CN(Cc3ccccc3)CCCCCCCOc3ccccc3C2)cc1. The molecule has 4 aromatic carbocycles. The molecule has 0 bridgehead atoms. The van der Waals surface area contributed by atoms with Gasteiger partial charge in [0.05, 0.1) is 13.2 Å². The van der Waals surface area contributed by atoms with Crippen LogP contribution in [0.4, 0.5) is 0 Å². The van der Waals surface area contributed by atoms with E-state index in [1.807, 2.05) is 0 Å². The third-order valence-electron chi connectivity index (χ3n) is 8.98. The first-order chi connectivity index (χ1) is 22.8. The van der Waals surface area contributed by atoms with E-state index in [2.05, 4.69) is 119 Å². The zero-order valence-electron chi connectivity index (χ0n) is 27.8. The van der Waals surface area contributed by atoms with Crippen LogP contribution in [0.15, 0.2) is 109 Å². The highest BCUT2D eigenvalue weighted by Crippen LogP contribution is 2.24. The van der Waals surface area contributed by atoms with Crippen LogP contribution in [-0.2, 0) is 26.2 Å². The minimum Gasteiger partial charge on any atom is -0.493 e. The smallest absolute Gasteiger partial charge is 0.123 e. The topological polar surface area (TPSA) is 24.9 Å². The van der Waals surface area contributed by atoms with Gasteiger partial charge in [-0.3, -0.25) is 9.80 Å². The third kappa shape index (κ3) is 12.0. The lowest BCUT2D eigenvalue weighted by Crippen LogP contribution is -2.24. The molecule has 4 heteroatoms. The van der Waals surface area contributed by atoms with Crippen molar-refractivity contribution in [2.24, 2.45) is 0 Å². The van der Waals surface area contributed by atoms with Crippen molar-refractivity contribution in [1.82, 2.24) is 9.80 Å². The second-order valence-corrected chi connectivity index (χ2v) is 12.8. The number of benzene rings is 4. The average Bonchev–Trinajstić information content (AvgIpc) is 3.09. The molecular formula is C42H54N2O2. The summed E-state index contributed by atoms with van der Waals surface area (Å²) in [5.41, 5.74) is 5.33. The molecule has 1 heterocycles. The summed E-state index contributed by atoms with van der Waals surface area (Å²) in [6.07, 6.45) is 12.0. The Labute approximate surface area is 278 Å². The van der Waals surface area contributed by atoms with E-state index in [9.17, 15) is 0 Å². The number of hydrogen-bond donors (Lipinski definition) is 0. The first kappa shape index (κ1) is 33.8. The van der Waals surface area contributed by atoms with E-state index in [0.29, 0.717) is 0 Å². The Morgan fingerprint density at radius 1 is 0.391 bits per heavy atom. The van der Waals surface area contributed by atoms with Gasteiger partial charge in [0.1, 0.15) is 11.5 Å². The summed E-state index contributed by atoms with van der Waals surface area (Å²) in [5, 5.41) is 0. The van der Waals surface area contributed by atoms with Gasteiger partial charge in [0.2, 0.25) is 0 Å². The molecule has 0 unspecified atom stereocenters. The van der Waals surface area contributed by atoms with E-state index >= 15 is 0 Å². The van der Waals surface area contributed by atoms with Gasteiger partial charge in [0.25, 0.3) is 0 Å². The number of rotatable bonds is 4. The molecule has 0 amide bonds. The van der Waals surface area contributed by atoms with Crippen LogP contribution in [0, 0.1) is 0 Å². The highest BCUT2D eigenvalue weighted by atomic mass is 16.5. The summed E-state index contributed by atoms with van der Waals surface area (Å²) in [4.78, 5) is 5.19. The molecule has 4 aromatic rings. The van der Waals surface area contributed by atoms with Crippen LogP contribution in [-0.4, -0.2) is 36.1 Å². The molecule has 0 spiro atoms. The molecule has 0 saturated carbocycles. The first-order valence-electron chi connectivity index (χ1n) is 17.8. The Morgan fingerprint density at radius 3 is 1.22 bits per heavy atom. The maximum absolute atomic E-state index is 6.39. The average molecular weight is 619 g/mol. The Kier molecular flexibility index (Phi) is 14.5. The quantitative estimate of drug-likeness (QED) is 0.227. The zero-order valence-corrected chi connectivity index (χ0v) is 27.8. The number of fused-ring (bicyclic) bond motifs is 2. The van der Waals surface area contributed by atoms with Crippen molar-refractivity contribution in [2.75, 3.05) is 26.3 Å². The largest absolute Gasteiger partial charge is 0.493 e. The van der Waals surface area contributed by atoms with E-state index in [1.165, 1.54) is 73.6 Å². The molecule has 0 aromatic heterocycles. The predicted molar refractivity (Wildman–Crippen MR) is 191 cm³/mol. The molecule has 0 atom stereocenters. The van der Waals surface area contributed by atoms with Crippen molar-refractivity contribution >= 4 is 0 Å². The van der Waals surface area contributed by atoms with Gasteiger partial charge >= 0.3 is 0 Å². The van der Waals surface area contributed by atoms with E-state index < -0.39 is 0 Å². The number of para-hydroxylation sites is 2. The molecule has 0 N–H and O–H groups in total. The van der Waals surface area contributed by atoms with Gasteiger partial charge in [-0.15, -0.1) is 0 Å². The van der Waals surface area contributed by atoms with Crippen LogP contribution in [0.5, 0.6) is 11.5 Å². The Morgan fingerprint density at radius 2 is 0.761 bits per heavy atom. The van der Waals surface area contributed by atoms with Gasteiger partial charge in [-0.1, -0.05) is 136 Å². The van der Waals surface area contributed by atoms with Gasteiger partial charge in [0, 0.05) is 37.3 Å². The van der Waals surface area contributed by atoms with Crippen LogP contribution in [0.1, 0.15) is 86.5 Å². The summed E-state index contributed by atoms with van der Waals surface area (Å²) in [6.45, 7) is 7.50. The number of hydrogen-bond acceptors (Lipinski definition) is 4. The van der Waals surface area contributed by atoms with Crippen molar-refractivity contribution in [3.05, 3.63) is 131 Å². The van der Waals surface area contributed by atoms with Crippen LogP contribution in [0.25, 0.3) is 0 Å². The minimum absolute atomic E-state index is 0.784. The molecule has 1 aliphatic heterocycles. The molecule has 0 radical (unpaired) electrons. The number of ether oxygens (including phenoxy) is 2. The lowest BCUT2D eigenvalue weighted by atomic mass is 10.1. The van der Waals surface area contributed by atoms with E-state index in [1.54, 1.807) is 0 Å². The zero-order chi connectivity index (χ0) is 31.5. The van der Waals surface area contributed by atoms with Gasteiger partial charge in [-0.25, -0.2) is 0 Å². The molecule has 244 valence electrons. The molecule has 4 nitrogen and oxygen atoms in total. The van der Waals surface area contributed by atoms with Crippen molar-refractivity contribution in [1.29, 1.82) is 0 Å². The van der Waals surface area contributed by atoms with Crippen molar-refractivity contribution < 1.29 is 9.47 Å². The van der Waals surface area contributed by atoms with Crippen LogP contribution in [0.2, 0.25) is 0 Å². The van der Waals surface area contributed by atoms with Crippen molar-refractivity contribution in [3.63, 3.8) is 0 Å². The fourth-order valence-electron chi connectivity index (χ4n) is 6.44. The van der Waals surface area contributed by atoms with E-state index in [-0.39, 0.29) is 0 Å². The molecule has 1 aliphatic rings. The maximum atomic E-state index is 6.39. The summed E-state index contributed by atoms with van der Waals surface area (Å²) in [5.74, 6) is 2.10. The standard InChI is InChI=1S/C42H54N2O2/c1-3-17-29-43(33-37-21-9-7-10-22-37)35-39-25-14-16-28-42(39)46-32-20-6-2-4-18-30-44(34-38-23-11-8-12-24-38)36-40-26-13-15-27-41(40)45-31-19-5-1/h7-16,21-28H,1-6,17-20,29-36H2. The monoisotopic (exact) mass is 618 g/mol. The lowest BCUT2D eigenvalue weighted by molar-refractivity contribution is 0.235. The first-order valence-corrected chi connectivity index (χ1v) is 17.8. The van der Waals surface area contributed by atoms with Gasteiger partial charge < -0.3 is 9.47 Å². The maximum Gasteiger partial charge on any atom is 0.123 e. The fraction of sp³-hybridized carbons (Fsp3) is 0.429. The van der Waals surface area contributed by atoms with Crippen molar-refractivity contribution in [3.8, 4) is 11.5 Å². The lowest BCUT2D eigenvalue weighted by Gasteiger charge is -2.24. The normalized spacial score (nSPS) is 17.4. The van der Waals surface area contributed by atoms with E-state index in [0.717, 1.165) is 76.8 Å². The summed E-state index contributed by atoms with van der Waals surface area (Å²) in [6, 6.07) is 39.1. The highest BCUT2D eigenvalue weighted by Gasteiger charge is 2.13. The predicted octanol–water partition coefficient (Wildman–Crippen LogP) is 10.1. The molecule has 0 aliphatic carbocycles. The van der Waals surface area contributed by atoms with Crippen LogP contribution >= 0.6 is 0 Å². The second-order valence-electron chi connectivity index (χ2n) is 12.8. The summed E-state index contributed by atoms with van der Waals surface area (Å²) < 4.78 is 12.8. The van der Waals surface area contributed by atoms with Gasteiger partial charge in [0.15, 0.2) is 0 Å². The van der Waals surface area contributed by atoms with Crippen LogP contribution in [0.3, 0.4) is 0 Å². The Bertz CT molecular complexity index is 1270. The summed E-state index contributed by atoms with van der Waals surface area (Å²) in [7, 11) is 0. The number of nitrogens with zero attached hydrogens (tertiary/aromatic N) is 2. The second kappa shape index (κ2) is 19.8. The molecule has 5 rings (SSSR count). The molecule has 0 fully saturated rings. The van der Waals surface area contributed by atoms with Crippen LogP contribution < -0.4 is 9.47 Å².